The van der Waals surface area contributed by atoms with Crippen LogP contribution < -0.4 is 39.3 Å². The van der Waals surface area contributed by atoms with E-state index in [1.165, 1.54) is 41.3 Å². The fraction of sp³-hybridized carbons (Fsp3) is 0.387. The molecule has 0 aliphatic heterocycles. The summed E-state index contributed by atoms with van der Waals surface area (Å²) in [6.07, 6.45) is 0.471. The molecule has 0 spiro atoms. The topological polar surface area (TPSA) is 308 Å². The molecule has 17 nitrogen and oxygen atoms in total. The highest BCUT2D eigenvalue weighted by molar-refractivity contribution is 5.94. The number of hydrogen-bond acceptors (Lipinski definition) is 8. The van der Waals surface area contributed by atoms with Crippen molar-refractivity contribution in [2.75, 3.05) is 19.6 Å². The second-order valence-corrected chi connectivity index (χ2v) is 10.6. The van der Waals surface area contributed by atoms with Gasteiger partial charge in [-0.1, -0.05) is 24.3 Å². The number of carboxylic acids is 1. The molecule has 0 radical (unpaired) electrons. The number of carboxylic acid groups (broad SMARTS) is 1. The van der Waals surface area contributed by atoms with Gasteiger partial charge in [0.05, 0.1) is 6.54 Å². The minimum atomic E-state index is -1.14. The van der Waals surface area contributed by atoms with E-state index < -0.39 is 60.1 Å². The first-order chi connectivity index (χ1) is 23.0. The van der Waals surface area contributed by atoms with E-state index >= 15 is 0 Å². The molecule has 268 valence electrons. The lowest BCUT2D eigenvalue weighted by Crippen LogP contribution is -2.54. The van der Waals surface area contributed by atoms with Crippen molar-refractivity contribution in [1.29, 1.82) is 0 Å². The van der Waals surface area contributed by atoms with E-state index in [9.17, 15) is 28.7 Å². The number of halogens is 1. The molecular formula is C31H45FN10O7. The Bertz CT molecular complexity index is 1460. The molecule has 0 unspecified atom stereocenters. The number of nitrogens with two attached hydrogens (primary N) is 5. The molecular weight excluding hydrogens is 643 g/mol. The molecule has 2 aromatic rings. The predicted octanol–water partition coefficient (Wildman–Crippen LogP) is -1.59. The first kappa shape index (κ1) is 41.1. The molecule has 0 heterocycles. The third kappa shape index (κ3) is 16.4. The fourth-order valence-corrected chi connectivity index (χ4v) is 4.44. The average molecular weight is 689 g/mol. The van der Waals surface area contributed by atoms with E-state index in [4.69, 9.17) is 38.6 Å². The van der Waals surface area contributed by atoms with Gasteiger partial charge in [0.15, 0.2) is 11.9 Å². The van der Waals surface area contributed by atoms with Crippen molar-refractivity contribution < 1.29 is 38.6 Å². The van der Waals surface area contributed by atoms with E-state index in [2.05, 4.69) is 20.6 Å². The van der Waals surface area contributed by atoms with Gasteiger partial charge in [0.2, 0.25) is 23.6 Å². The number of amides is 4. The quantitative estimate of drug-likeness (QED) is 0.0518. The normalized spacial score (nSPS) is 12.1. The molecule has 2 aromatic carbocycles. The summed E-state index contributed by atoms with van der Waals surface area (Å²) in [6.45, 7) is 2.48. The van der Waals surface area contributed by atoms with Crippen molar-refractivity contribution in [2.24, 2.45) is 38.7 Å². The Morgan fingerprint density at radius 3 is 1.94 bits per heavy atom. The monoisotopic (exact) mass is 688 g/mol. The van der Waals surface area contributed by atoms with E-state index in [0.717, 1.165) is 6.92 Å². The number of primary amides is 1. The number of benzene rings is 2. The average Bonchev–Trinajstić information content (AvgIpc) is 3.02. The number of aliphatic carboxylic acids is 1. The molecule has 0 aliphatic rings. The summed E-state index contributed by atoms with van der Waals surface area (Å²) in [7, 11) is 0. The summed E-state index contributed by atoms with van der Waals surface area (Å²) >= 11 is 0. The molecule has 2 rings (SSSR count). The van der Waals surface area contributed by atoms with E-state index in [1.54, 1.807) is 19.1 Å². The van der Waals surface area contributed by atoms with Gasteiger partial charge < -0.3 is 54.4 Å². The van der Waals surface area contributed by atoms with Gasteiger partial charge in [-0.2, -0.15) is 0 Å². The second-order valence-electron chi connectivity index (χ2n) is 10.6. The first-order valence-electron chi connectivity index (χ1n) is 15.1. The van der Waals surface area contributed by atoms with Gasteiger partial charge in [-0.25, -0.2) is 9.38 Å². The van der Waals surface area contributed by atoms with Crippen molar-refractivity contribution >= 4 is 41.5 Å². The molecule has 14 N–H and O–H groups in total. The van der Waals surface area contributed by atoms with Crippen LogP contribution in [-0.2, 0) is 36.8 Å². The third-order valence-electron chi connectivity index (χ3n) is 6.67. The Balaban J connectivity index is 0.00000283. The molecule has 0 fully saturated rings. The lowest BCUT2D eigenvalue weighted by atomic mass is 10.0. The maximum Gasteiger partial charge on any atom is 0.300 e. The zero-order valence-corrected chi connectivity index (χ0v) is 27.3. The lowest BCUT2D eigenvalue weighted by Gasteiger charge is -2.29. The summed E-state index contributed by atoms with van der Waals surface area (Å²) in [5.74, 6) is -4.49. The maximum absolute atomic E-state index is 13.3. The van der Waals surface area contributed by atoms with Crippen molar-refractivity contribution in [3.63, 3.8) is 0 Å². The highest BCUT2D eigenvalue weighted by Gasteiger charge is 2.29. The third-order valence-corrected chi connectivity index (χ3v) is 6.67. The number of likely N-dealkylation sites (N-methyl/N-ethyl adjacent to an activating group) is 1. The minimum absolute atomic E-state index is 0.0351. The van der Waals surface area contributed by atoms with Gasteiger partial charge in [-0.05, 0) is 55.2 Å². The number of aromatic hydroxyl groups is 1. The number of aliphatic imine (C=N–C) groups is 2. The Morgan fingerprint density at radius 2 is 1.43 bits per heavy atom. The number of carbonyl (C=O) groups is 5. The van der Waals surface area contributed by atoms with E-state index in [1.807, 2.05) is 0 Å². The molecule has 4 amide bonds. The van der Waals surface area contributed by atoms with Crippen LogP contribution in [0.3, 0.4) is 0 Å². The van der Waals surface area contributed by atoms with Gasteiger partial charge in [0.1, 0.15) is 29.7 Å². The number of hydrogen-bond donors (Lipinski definition) is 9. The molecule has 0 saturated heterocycles. The Kier molecular flexibility index (Phi) is 17.6. The second kappa shape index (κ2) is 21.0. The standard InChI is InChI=1S/C29H41FN10O5.C2H4O2/c1-2-40(23(25(31)43)15-18-5-9-19(30)10-6-18)24(42)16-37-26(44)21(4-3-13-36-28(32)33)38-27(45)22(39-29(34)35)14-17-7-11-20(41)12-8-17;1-2(3)4/h5-12,21-23,41H,2-4,13-16H2,1H3,(H2,31,43)(H,37,44)(H,38,45)(H4,32,33,36)(H4,34,35,39);1H3,(H,3,4)/t21-,22+,23-;/m1./s1. The zero-order chi connectivity index (χ0) is 37.1. The molecule has 0 saturated carbocycles. The van der Waals surface area contributed by atoms with Crippen LogP contribution in [0.1, 0.15) is 37.8 Å². The molecule has 49 heavy (non-hydrogen) atoms. The predicted molar refractivity (Wildman–Crippen MR) is 180 cm³/mol. The summed E-state index contributed by atoms with van der Waals surface area (Å²) in [4.78, 5) is 70.1. The largest absolute Gasteiger partial charge is 0.508 e. The number of rotatable bonds is 17. The van der Waals surface area contributed by atoms with Gasteiger partial charge in [0, 0.05) is 32.9 Å². The van der Waals surface area contributed by atoms with Crippen molar-refractivity contribution in [3.8, 4) is 5.75 Å². The summed E-state index contributed by atoms with van der Waals surface area (Å²) in [6, 6.07) is 8.19. The lowest BCUT2D eigenvalue weighted by molar-refractivity contribution is -0.139. The highest BCUT2D eigenvalue weighted by Crippen LogP contribution is 2.14. The van der Waals surface area contributed by atoms with Gasteiger partial charge in [-0.15, -0.1) is 0 Å². The van der Waals surface area contributed by atoms with Crippen LogP contribution in [0.2, 0.25) is 0 Å². The van der Waals surface area contributed by atoms with Crippen LogP contribution in [0, 0.1) is 5.82 Å². The molecule has 18 heteroatoms. The van der Waals surface area contributed by atoms with Crippen molar-refractivity contribution in [1.82, 2.24) is 15.5 Å². The van der Waals surface area contributed by atoms with Gasteiger partial charge >= 0.3 is 0 Å². The van der Waals surface area contributed by atoms with Crippen LogP contribution in [0.5, 0.6) is 5.75 Å². The Hall–Kier alpha value is -5.94. The smallest absolute Gasteiger partial charge is 0.300 e. The summed E-state index contributed by atoms with van der Waals surface area (Å²) in [5.41, 5.74) is 28.7. The Morgan fingerprint density at radius 1 is 0.878 bits per heavy atom. The number of nitrogens with zero attached hydrogens (tertiary/aromatic N) is 3. The van der Waals surface area contributed by atoms with Crippen molar-refractivity contribution in [3.05, 3.63) is 65.5 Å². The highest BCUT2D eigenvalue weighted by atomic mass is 19.1. The van der Waals surface area contributed by atoms with Crippen LogP contribution in [0.25, 0.3) is 0 Å². The summed E-state index contributed by atoms with van der Waals surface area (Å²) in [5, 5.41) is 22.1. The van der Waals surface area contributed by atoms with Gasteiger partial charge in [-0.3, -0.25) is 29.0 Å². The first-order valence-corrected chi connectivity index (χ1v) is 15.1. The molecule has 0 bridgehead atoms. The SMILES string of the molecule is CC(=O)O.CCN(C(=O)CNC(=O)[C@@H](CCCN=C(N)N)NC(=O)[C@H](Cc1ccc(O)cc1)N=C(N)N)[C@H](Cc1ccc(F)cc1)C(N)=O. The molecule has 3 atom stereocenters. The van der Waals surface area contributed by atoms with Gasteiger partial charge in [0.25, 0.3) is 5.97 Å². The maximum atomic E-state index is 13.3. The number of phenols is 1. The number of guanidine groups is 2. The molecule has 0 aliphatic carbocycles. The van der Waals surface area contributed by atoms with E-state index in [0.29, 0.717) is 11.1 Å². The van der Waals surface area contributed by atoms with Crippen molar-refractivity contribution in [2.45, 2.75) is 57.7 Å². The molecule has 0 aromatic heterocycles. The minimum Gasteiger partial charge on any atom is -0.508 e. The van der Waals surface area contributed by atoms with Crippen LogP contribution in [-0.4, -0.2) is 94.4 Å². The van der Waals surface area contributed by atoms with Crippen LogP contribution in [0.4, 0.5) is 4.39 Å². The number of nitrogens with one attached hydrogen (secondary N) is 2. The fourth-order valence-electron chi connectivity index (χ4n) is 4.44. The Labute approximate surface area is 282 Å². The number of phenolic OH excluding ortho intramolecular Hbond substituents is 1. The van der Waals surface area contributed by atoms with Crippen LogP contribution in [0.15, 0.2) is 58.5 Å². The summed E-state index contributed by atoms with van der Waals surface area (Å²) < 4.78 is 13.3. The number of carbonyl (C=O) groups excluding carboxylic acids is 4. The zero-order valence-electron chi connectivity index (χ0n) is 27.3. The van der Waals surface area contributed by atoms with Crippen LogP contribution >= 0.6 is 0 Å². The van der Waals surface area contributed by atoms with E-state index in [-0.39, 0.29) is 56.4 Å².